The zero-order valence-corrected chi connectivity index (χ0v) is 16.3. The number of aliphatic hydroxyl groups excluding tert-OH is 3. The van der Waals surface area contributed by atoms with Gasteiger partial charge in [-0.15, -0.1) is 0 Å². The number of hydrogen-bond donors (Lipinski definition) is 3. The Kier molecular flexibility index (Phi) is 4.30. The molecule has 2 heterocycles. The molecule has 27 heavy (non-hydrogen) atoms. The highest BCUT2D eigenvalue weighted by Gasteiger charge is 2.84. The summed E-state index contributed by atoms with van der Waals surface area (Å²) in [5, 5.41) is 32.1. The van der Waals surface area contributed by atoms with Crippen molar-refractivity contribution in [3.63, 3.8) is 0 Å². The third-order valence-corrected chi connectivity index (χ3v) is 7.49. The summed E-state index contributed by atoms with van der Waals surface area (Å²) in [5.74, 6) is -0.0883. The van der Waals surface area contributed by atoms with Crippen LogP contribution < -0.4 is 0 Å². The lowest BCUT2D eigenvalue weighted by Crippen LogP contribution is -2.67. The van der Waals surface area contributed by atoms with Crippen LogP contribution in [-0.4, -0.2) is 70.6 Å². The van der Waals surface area contributed by atoms with Crippen LogP contribution in [0.5, 0.6) is 0 Å². The smallest absolute Gasteiger partial charge is 0.306 e. The fourth-order valence-electron chi connectivity index (χ4n) is 5.72. The lowest BCUT2D eigenvalue weighted by atomic mass is 9.51. The third kappa shape index (κ3) is 2.29. The quantitative estimate of drug-likeness (QED) is 0.370. The first-order valence-electron chi connectivity index (χ1n) is 9.77. The van der Waals surface area contributed by atoms with Gasteiger partial charge in [-0.25, -0.2) is 0 Å². The van der Waals surface area contributed by atoms with Gasteiger partial charge in [-0.1, -0.05) is 26.8 Å². The van der Waals surface area contributed by atoms with E-state index in [0.29, 0.717) is 19.4 Å². The van der Waals surface area contributed by atoms with Gasteiger partial charge in [-0.2, -0.15) is 0 Å². The maximum absolute atomic E-state index is 12.3. The van der Waals surface area contributed by atoms with E-state index in [4.69, 9.17) is 14.2 Å². The average molecular weight is 382 g/mol. The Hall–Kier alpha value is -0.990. The fraction of sp³-hybridized carbons (Fsp3) is 0.850. The number of fused-ring (bicyclic) bond motifs is 2. The van der Waals surface area contributed by atoms with Gasteiger partial charge in [-0.05, 0) is 24.8 Å². The van der Waals surface area contributed by atoms with Crippen LogP contribution in [0.25, 0.3) is 0 Å². The summed E-state index contributed by atoms with van der Waals surface area (Å²) in [6, 6.07) is 0. The van der Waals surface area contributed by atoms with Gasteiger partial charge in [0.25, 0.3) is 0 Å². The van der Waals surface area contributed by atoms with Crippen molar-refractivity contribution in [3.8, 4) is 0 Å². The van der Waals surface area contributed by atoms with Crippen LogP contribution in [0, 0.1) is 16.7 Å². The number of rotatable bonds is 4. The average Bonchev–Trinajstić information content (AvgIpc) is 3.38. The largest absolute Gasteiger partial charge is 0.458 e. The molecule has 0 radical (unpaired) electrons. The lowest BCUT2D eigenvalue weighted by molar-refractivity contribution is -0.235. The third-order valence-electron chi connectivity index (χ3n) is 7.49. The summed E-state index contributed by atoms with van der Waals surface area (Å²) >= 11 is 0. The van der Waals surface area contributed by atoms with E-state index >= 15 is 0 Å². The first-order chi connectivity index (χ1) is 12.6. The number of ether oxygens (including phenoxy) is 3. The fourth-order valence-corrected chi connectivity index (χ4v) is 5.72. The molecule has 2 unspecified atom stereocenters. The summed E-state index contributed by atoms with van der Waals surface area (Å²) < 4.78 is 17.7. The summed E-state index contributed by atoms with van der Waals surface area (Å²) in [5.41, 5.74) is -1.78. The lowest BCUT2D eigenvalue weighted by Gasteiger charge is -2.58. The van der Waals surface area contributed by atoms with Crippen molar-refractivity contribution in [2.45, 2.75) is 76.7 Å². The summed E-state index contributed by atoms with van der Waals surface area (Å²) in [4.78, 5) is 12.3. The highest BCUT2D eigenvalue weighted by Crippen LogP contribution is 2.71. The Morgan fingerprint density at radius 1 is 1.41 bits per heavy atom. The molecule has 2 saturated heterocycles. The van der Waals surface area contributed by atoms with Crippen LogP contribution in [0.1, 0.15) is 40.5 Å². The van der Waals surface area contributed by atoms with Crippen molar-refractivity contribution in [2.24, 2.45) is 16.7 Å². The molecule has 3 N–H and O–H groups in total. The molecule has 2 aliphatic heterocycles. The molecule has 4 aliphatic rings. The summed E-state index contributed by atoms with van der Waals surface area (Å²) in [6.07, 6.45) is -1.29. The zero-order chi connectivity index (χ0) is 19.8. The number of carbonyl (C=O) groups excluding carboxylic acids is 1. The van der Waals surface area contributed by atoms with E-state index in [1.54, 1.807) is 0 Å². The number of carbonyl (C=O) groups is 1. The van der Waals surface area contributed by atoms with E-state index in [9.17, 15) is 20.1 Å². The molecule has 2 bridgehead atoms. The van der Waals surface area contributed by atoms with Crippen molar-refractivity contribution < 1.29 is 34.3 Å². The predicted octanol–water partition coefficient (Wildman–Crippen LogP) is 0.551. The van der Waals surface area contributed by atoms with Crippen LogP contribution in [0.2, 0.25) is 0 Å². The Bertz CT molecular complexity index is 669. The molecular formula is C20H30O7. The standard InChI is InChI=1S/C20H30O7/c1-10(2)5-14(22)26-12-7-19(8-21)13(6-11(12)3)27-17-15(23)16(24)18(19,4)20(17)9-25-20/h6,10,12-13,15-17,21,23-24H,5,7-9H2,1-4H3/t12-,13+,15+,16+,17+,18?,19+,20?/m1/s1. The van der Waals surface area contributed by atoms with Gasteiger partial charge in [0, 0.05) is 17.3 Å². The van der Waals surface area contributed by atoms with Crippen molar-refractivity contribution in [1.29, 1.82) is 0 Å². The second-order valence-corrected chi connectivity index (χ2v) is 9.30. The van der Waals surface area contributed by atoms with Crippen molar-refractivity contribution in [2.75, 3.05) is 13.2 Å². The number of aliphatic hydroxyl groups is 3. The van der Waals surface area contributed by atoms with Crippen LogP contribution in [0.15, 0.2) is 11.6 Å². The Morgan fingerprint density at radius 2 is 2.07 bits per heavy atom. The highest BCUT2D eigenvalue weighted by molar-refractivity contribution is 5.70. The molecule has 0 aromatic heterocycles. The van der Waals surface area contributed by atoms with E-state index in [1.165, 1.54) is 0 Å². The molecule has 0 amide bonds. The second kappa shape index (κ2) is 6.00. The molecule has 0 aromatic carbocycles. The highest BCUT2D eigenvalue weighted by atomic mass is 16.6. The first kappa shape index (κ1) is 19.3. The number of hydrogen-bond acceptors (Lipinski definition) is 7. The SMILES string of the molecule is CC1=C[C@@H]2O[C@H]3[C@@H](O)[C@H](O)C(C)(C34CO4)[C@]2(CO)C[C@H]1OC(=O)CC(C)C. The molecule has 4 rings (SSSR count). The van der Waals surface area contributed by atoms with E-state index < -0.39 is 47.0 Å². The van der Waals surface area contributed by atoms with E-state index in [0.717, 1.165) is 5.57 Å². The van der Waals surface area contributed by atoms with Crippen molar-refractivity contribution >= 4 is 5.97 Å². The predicted molar refractivity (Wildman–Crippen MR) is 94.7 cm³/mol. The second-order valence-electron chi connectivity index (χ2n) is 9.30. The van der Waals surface area contributed by atoms with E-state index in [-0.39, 0.29) is 18.5 Å². The monoisotopic (exact) mass is 382 g/mol. The molecule has 1 spiro atoms. The van der Waals surface area contributed by atoms with Gasteiger partial charge in [-0.3, -0.25) is 4.79 Å². The van der Waals surface area contributed by atoms with Crippen molar-refractivity contribution in [3.05, 3.63) is 11.6 Å². The molecule has 7 heteroatoms. The van der Waals surface area contributed by atoms with Crippen molar-refractivity contribution in [1.82, 2.24) is 0 Å². The van der Waals surface area contributed by atoms with Crippen LogP contribution in [-0.2, 0) is 19.0 Å². The molecule has 1 saturated carbocycles. The van der Waals surface area contributed by atoms with Gasteiger partial charge in [0.2, 0.25) is 0 Å². The van der Waals surface area contributed by atoms with Gasteiger partial charge < -0.3 is 29.5 Å². The molecule has 3 fully saturated rings. The molecule has 7 nitrogen and oxygen atoms in total. The van der Waals surface area contributed by atoms with Crippen LogP contribution in [0.4, 0.5) is 0 Å². The maximum atomic E-state index is 12.3. The molecular weight excluding hydrogens is 352 g/mol. The van der Waals surface area contributed by atoms with E-state index in [2.05, 4.69) is 0 Å². The minimum atomic E-state index is -1.10. The molecule has 152 valence electrons. The topological polar surface area (TPSA) is 109 Å². The summed E-state index contributed by atoms with van der Waals surface area (Å²) in [7, 11) is 0. The number of epoxide rings is 1. The maximum Gasteiger partial charge on any atom is 0.306 e. The Labute approximate surface area is 159 Å². The van der Waals surface area contributed by atoms with Gasteiger partial charge in [0.1, 0.15) is 23.9 Å². The normalized spacial score (nSPS) is 50.5. The Balaban J connectivity index is 1.71. The molecule has 2 aliphatic carbocycles. The minimum absolute atomic E-state index is 0.191. The Morgan fingerprint density at radius 3 is 2.63 bits per heavy atom. The van der Waals surface area contributed by atoms with Gasteiger partial charge in [0.05, 0.1) is 25.4 Å². The molecule has 8 atom stereocenters. The van der Waals surface area contributed by atoms with Gasteiger partial charge >= 0.3 is 5.97 Å². The van der Waals surface area contributed by atoms with Gasteiger partial charge in [0.15, 0.2) is 0 Å². The van der Waals surface area contributed by atoms with E-state index in [1.807, 2.05) is 33.8 Å². The number of esters is 1. The van der Waals surface area contributed by atoms with Crippen LogP contribution >= 0.6 is 0 Å². The first-order valence-corrected chi connectivity index (χ1v) is 9.77. The zero-order valence-electron chi connectivity index (χ0n) is 16.3. The summed E-state index contributed by atoms with van der Waals surface area (Å²) in [6.45, 7) is 7.76. The molecule has 0 aromatic rings. The minimum Gasteiger partial charge on any atom is -0.458 e. The van der Waals surface area contributed by atoms with Crippen LogP contribution in [0.3, 0.4) is 0 Å².